The molecule has 2 aliphatic heterocycles. The fraction of sp³-hybridized carbons (Fsp3) is 0.696. The Kier molecular flexibility index (Phi) is 6.13. The minimum atomic E-state index is -3.32. The van der Waals surface area contributed by atoms with E-state index in [2.05, 4.69) is 10.2 Å². The Morgan fingerprint density at radius 3 is 2.43 bits per heavy atom. The molecule has 2 heterocycles. The Labute approximate surface area is 181 Å². The molecule has 1 aromatic rings. The van der Waals surface area contributed by atoms with E-state index in [0.29, 0.717) is 24.2 Å². The maximum Gasteiger partial charge on any atom is 0.251 e. The summed E-state index contributed by atoms with van der Waals surface area (Å²) in [5.41, 5.74) is 2.37. The first-order valence-electron chi connectivity index (χ1n) is 11.5. The van der Waals surface area contributed by atoms with E-state index < -0.39 is 10.0 Å². The van der Waals surface area contributed by atoms with E-state index in [-0.39, 0.29) is 17.5 Å². The van der Waals surface area contributed by atoms with Crippen molar-refractivity contribution >= 4 is 21.6 Å². The van der Waals surface area contributed by atoms with Crippen molar-refractivity contribution in [1.82, 2.24) is 10.2 Å². The van der Waals surface area contributed by atoms with Gasteiger partial charge in [0.1, 0.15) is 0 Å². The van der Waals surface area contributed by atoms with Crippen LogP contribution in [-0.2, 0) is 16.4 Å². The van der Waals surface area contributed by atoms with Crippen LogP contribution in [0.4, 0.5) is 5.69 Å². The molecule has 2 fully saturated rings. The number of fused-ring (bicyclic) bond motifs is 1. The van der Waals surface area contributed by atoms with Crippen LogP contribution in [0.25, 0.3) is 0 Å². The zero-order valence-corrected chi connectivity index (χ0v) is 19.1. The van der Waals surface area contributed by atoms with Crippen molar-refractivity contribution in [3.8, 4) is 0 Å². The third-order valence-corrected chi connectivity index (χ3v) is 8.51. The van der Waals surface area contributed by atoms with E-state index in [1.807, 2.05) is 13.0 Å². The molecular formula is C23H35N3O3S. The quantitative estimate of drug-likeness (QED) is 0.773. The van der Waals surface area contributed by atoms with Gasteiger partial charge < -0.3 is 5.32 Å². The Balaban J connectivity index is 1.48. The number of likely N-dealkylation sites (tertiary alicyclic amines) is 1. The van der Waals surface area contributed by atoms with Crippen molar-refractivity contribution in [3.63, 3.8) is 0 Å². The van der Waals surface area contributed by atoms with Crippen molar-refractivity contribution < 1.29 is 13.2 Å². The van der Waals surface area contributed by atoms with Gasteiger partial charge in [-0.25, -0.2) is 8.42 Å². The highest BCUT2D eigenvalue weighted by Crippen LogP contribution is 2.36. The number of carbonyl (C=O) groups is 1. The van der Waals surface area contributed by atoms with Gasteiger partial charge in [-0.3, -0.25) is 14.0 Å². The Hall–Kier alpha value is -1.60. The second-order valence-corrected chi connectivity index (χ2v) is 11.3. The summed E-state index contributed by atoms with van der Waals surface area (Å²) in [6.45, 7) is 4.91. The average molecular weight is 434 g/mol. The molecule has 4 rings (SSSR count). The minimum Gasteiger partial charge on any atom is -0.350 e. The van der Waals surface area contributed by atoms with E-state index in [0.717, 1.165) is 31.5 Å². The van der Waals surface area contributed by atoms with Gasteiger partial charge in [0.05, 0.1) is 11.9 Å². The topological polar surface area (TPSA) is 69.7 Å². The standard InChI is InChI=1S/C23H35N3O3S/c1-18-15-20-16-19(9-10-21(20)26(18)30(2,28)29)22(27)24-17-23(11-5-3-6-12-23)25-13-7-4-8-14-25/h9-10,16,18H,3-8,11-15,17H2,1-2H3,(H,24,27). The predicted molar refractivity (Wildman–Crippen MR) is 121 cm³/mol. The first-order chi connectivity index (χ1) is 14.3. The van der Waals surface area contributed by atoms with Crippen molar-refractivity contribution in [1.29, 1.82) is 0 Å². The van der Waals surface area contributed by atoms with Gasteiger partial charge in [0.2, 0.25) is 10.0 Å². The van der Waals surface area contributed by atoms with Crippen LogP contribution in [0.5, 0.6) is 0 Å². The molecule has 0 aromatic heterocycles. The molecule has 1 aromatic carbocycles. The molecule has 3 aliphatic rings. The van der Waals surface area contributed by atoms with Crippen LogP contribution >= 0.6 is 0 Å². The van der Waals surface area contributed by atoms with Crippen LogP contribution in [-0.4, -0.2) is 56.7 Å². The van der Waals surface area contributed by atoms with Gasteiger partial charge in [0.25, 0.3) is 5.91 Å². The number of amides is 1. The van der Waals surface area contributed by atoms with Crippen molar-refractivity contribution in [2.24, 2.45) is 0 Å². The molecule has 1 saturated carbocycles. The van der Waals surface area contributed by atoms with Gasteiger partial charge >= 0.3 is 0 Å². The summed E-state index contributed by atoms with van der Waals surface area (Å²) >= 11 is 0. The molecule has 0 radical (unpaired) electrons. The van der Waals surface area contributed by atoms with Crippen LogP contribution < -0.4 is 9.62 Å². The fourth-order valence-corrected chi connectivity index (χ4v) is 7.04. The van der Waals surface area contributed by atoms with Gasteiger partial charge in [-0.2, -0.15) is 0 Å². The maximum atomic E-state index is 13.0. The Bertz CT molecular complexity index is 887. The maximum absolute atomic E-state index is 13.0. The van der Waals surface area contributed by atoms with Gasteiger partial charge in [0, 0.05) is 23.7 Å². The number of nitrogens with one attached hydrogen (secondary N) is 1. The lowest BCUT2D eigenvalue weighted by molar-refractivity contribution is 0.0326. The van der Waals surface area contributed by atoms with Gasteiger partial charge in [-0.1, -0.05) is 25.7 Å². The van der Waals surface area contributed by atoms with E-state index in [9.17, 15) is 13.2 Å². The van der Waals surface area contributed by atoms with Crippen LogP contribution in [0.15, 0.2) is 18.2 Å². The number of benzene rings is 1. The molecule has 166 valence electrons. The van der Waals surface area contributed by atoms with Crippen LogP contribution in [0.2, 0.25) is 0 Å². The normalized spacial score (nSPS) is 24.5. The first kappa shape index (κ1) is 21.6. The summed E-state index contributed by atoms with van der Waals surface area (Å²) < 4.78 is 25.7. The van der Waals surface area contributed by atoms with E-state index in [1.165, 1.54) is 49.1 Å². The Morgan fingerprint density at radius 2 is 1.77 bits per heavy atom. The Morgan fingerprint density at radius 1 is 1.10 bits per heavy atom. The highest BCUT2D eigenvalue weighted by Gasteiger charge is 2.39. The number of anilines is 1. The van der Waals surface area contributed by atoms with Gasteiger partial charge in [0.15, 0.2) is 0 Å². The number of carbonyl (C=O) groups excluding carboxylic acids is 1. The van der Waals surface area contributed by atoms with Gasteiger partial charge in [-0.05, 0) is 75.9 Å². The lowest BCUT2D eigenvalue weighted by atomic mass is 9.79. The summed E-state index contributed by atoms with van der Waals surface area (Å²) in [4.78, 5) is 15.7. The fourth-order valence-electron chi connectivity index (χ4n) is 5.78. The second kappa shape index (κ2) is 8.50. The molecule has 0 spiro atoms. The molecule has 1 N–H and O–H groups in total. The zero-order chi connectivity index (χ0) is 21.4. The van der Waals surface area contributed by atoms with Crippen molar-refractivity contribution in [2.75, 3.05) is 30.2 Å². The largest absolute Gasteiger partial charge is 0.350 e. The van der Waals surface area contributed by atoms with Crippen molar-refractivity contribution in [2.45, 2.75) is 76.3 Å². The van der Waals surface area contributed by atoms with E-state index in [4.69, 9.17) is 0 Å². The highest BCUT2D eigenvalue weighted by molar-refractivity contribution is 7.92. The highest BCUT2D eigenvalue weighted by atomic mass is 32.2. The molecule has 1 unspecified atom stereocenters. The SMILES string of the molecule is CC1Cc2cc(C(=O)NCC3(N4CCCCC4)CCCCC3)ccc2N1S(C)(=O)=O. The minimum absolute atomic E-state index is 0.0507. The lowest BCUT2D eigenvalue weighted by Crippen LogP contribution is -2.58. The number of nitrogens with zero attached hydrogens (tertiary/aromatic N) is 2. The summed E-state index contributed by atoms with van der Waals surface area (Å²) in [7, 11) is -3.32. The van der Waals surface area contributed by atoms with Crippen LogP contribution in [0, 0.1) is 0 Å². The molecule has 1 amide bonds. The number of hydrogen-bond acceptors (Lipinski definition) is 4. The van der Waals surface area contributed by atoms with Gasteiger partial charge in [-0.15, -0.1) is 0 Å². The first-order valence-corrected chi connectivity index (χ1v) is 13.3. The lowest BCUT2D eigenvalue weighted by Gasteiger charge is -2.48. The molecule has 6 nitrogen and oxygen atoms in total. The molecular weight excluding hydrogens is 398 g/mol. The summed E-state index contributed by atoms with van der Waals surface area (Å²) in [5, 5.41) is 3.24. The number of hydrogen-bond donors (Lipinski definition) is 1. The predicted octanol–water partition coefficient (Wildman–Crippen LogP) is 3.32. The zero-order valence-electron chi connectivity index (χ0n) is 18.3. The third-order valence-electron chi connectivity index (χ3n) is 7.24. The number of piperidine rings is 1. The third kappa shape index (κ3) is 4.24. The second-order valence-electron chi connectivity index (χ2n) is 9.47. The molecule has 1 aliphatic carbocycles. The molecule has 1 saturated heterocycles. The van der Waals surface area contributed by atoms with E-state index >= 15 is 0 Å². The van der Waals surface area contributed by atoms with E-state index in [1.54, 1.807) is 12.1 Å². The number of sulfonamides is 1. The summed E-state index contributed by atoms with van der Waals surface area (Å²) in [6.07, 6.45) is 11.8. The summed E-state index contributed by atoms with van der Waals surface area (Å²) in [5.74, 6) is -0.0507. The smallest absolute Gasteiger partial charge is 0.251 e. The average Bonchev–Trinajstić information content (AvgIpc) is 3.08. The molecule has 0 bridgehead atoms. The molecule has 30 heavy (non-hydrogen) atoms. The molecule has 1 atom stereocenters. The number of rotatable bonds is 5. The molecule has 7 heteroatoms. The van der Waals surface area contributed by atoms with Crippen LogP contribution in [0.1, 0.15) is 74.2 Å². The monoisotopic (exact) mass is 433 g/mol. The summed E-state index contributed by atoms with van der Waals surface area (Å²) in [6, 6.07) is 5.31. The van der Waals surface area contributed by atoms with Crippen LogP contribution in [0.3, 0.4) is 0 Å². The van der Waals surface area contributed by atoms with Crippen molar-refractivity contribution in [3.05, 3.63) is 29.3 Å².